The Morgan fingerprint density at radius 3 is 2.31 bits per heavy atom. The molecule has 0 spiro atoms. The quantitative estimate of drug-likeness (QED) is 0.514. The second-order valence-corrected chi connectivity index (χ2v) is 8.02. The molecule has 9 heteroatoms. The van der Waals surface area contributed by atoms with Crippen molar-refractivity contribution in [3.05, 3.63) is 81.6 Å². The van der Waals surface area contributed by atoms with E-state index in [1.807, 2.05) is 19.0 Å². The highest BCUT2D eigenvalue weighted by atomic mass is 19.1. The van der Waals surface area contributed by atoms with Gasteiger partial charge in [-0.3, -0.25) is 9.78 Å². The second kappa shape index (κ2) is 8.88. The number of H-pyrrole nitrogens is 1. The summed E-state index contributed by atoms with van der Waals surface area (Å²) < 4.78 is 26.7. The molecule has 166 valence electrons. The van der Waals surface area contributed by atoms with Crippen molar-refractivity contribution in [3.63, 3.8) is 0 Å². The molecule has 0 bridgehead atoms. The van der Waals surface area contributed by atoms with Gasteiger partial charge in [0.05, 0.1) is 0 Å². The van der Waals surface area contributed by atoms with Crippen molar-refractivity contribution in [2.24, 2.45) is 0 Å². The van der Waals surface area contributed by atoms with E-state index >= 15 is 0 Å². The molecule has 32 heavy (non-hydrogen) atoms. The molecule has 4 rings (SSSR count). The standard InChI is InChI=1S/C23H24F2N6O/c1-30(2)20-13-31(12-19(20)14-3-5-15(24)6-4-14)23-28-21(18(11-26)22(32)29-23)27-17-9-7-16(25)8-10-17/h3-11,19-20,26H,12-13H2,1-2H3,(H2,27,28,29,32). The number of rotatable bonds is 6. The molecule has 2 heterocycles. The molecule has 1 aromatic heterocycles. The summed E-state index contributed by atoms with van der Waals surface area (Å²) in [5.74, 6) is 0.0289. The van der Waals surface area contributed by atoms with Crippen molar-refractivity contribution in [1.29, 1.82) is 5.41 Å². The van der Waals surface area contributed by atoms with Crippen LogP contribution in [-0.2, 0) is 0 Å². The van der Waals surface area contributed by atoms with Gasteiger partial charge in [0.15, 0.2) is 0 Å². The van der Waals surface area contributed by atoms with Crippen LogP contribution in [-0.4, -0.2) is 54.3 Å². The van der Waals surface area contributed by atoms with Crippen LogP contribution in [0.25, 0.3) is 0 Å². The van der Waals surface area contributed by atoms with E-state index in [1.165, 1.54) is 36.4 Å². The maximum absolute atomic E-state index is 13.4. The molecular formula is C23H24F2N6O. The van der Waals surface area contributed by atoms with Crippen LogP contribution >= 0.6 is 0 Å². The number of hydrogen-bond acceptors (Lipinski definition) is 6. The van der Waals surface area contributed by atoms with E-state index in [2.05, 4.69) is 20.2 Å². The minimum Gasteiger partial charge on any atom is -0.340 e. The number of benzene rings is 2. The average Bonchev–Trinajstić information content (AvgIpc) is 3.22. The van der Waals surface area contributed by atoms with Crippen molar-refractivity contribution >= 4 is 23.7 Å². The number of aromatic amines is 1. The summed E-state index contributed by atoms with van der Waals surface area (Å²) in [6, 6.07) is 12.3. The predicted octanol–water partition coefficient (Wildman–Crippen LogP) is 3.32. The van der Waals surface area contributed by atoms with E-state index in [-0.39, 0.29) is 35.0 Å². The van der Waals surface area contributed by atoms with Crippen molar-refractivity contribution in [2.75, 3.05) is 37.4 Å². The number of nitrogens with zero attached hydrogens (tertiary/aromatic N) is 3. The highest BCUT2D eigenvalue weighted by Crippen LogP contribution is 2.32. The summed E-state index contributed by atoms with van der Waals surface area (Å²) in [5, 5.41) is 10.6. The van der Waals surface area contributed by atoms with Crippen LogP contribution in [0.5, 0.6) is 0 Å². The molecule has 2 atom stereocenters. The van der Waals surface area contributed by atoms with Gasteiger partial charge in [-0.2, -0.15) is 4.98 Å². The Balaban J connectivity index is 1.67. The summed E-state index contributed by atoms with van der Waals surface area (Å²) in [5.41, 5.74) is 1.20. The maximum atomic E-state index is 13.4. The van der Waals surface area contributed by atoms with Crippen molar-refractivity contribution in [2.45, 2.75) is 12.0 Å². The Labute approximate surface area is 184 Å². The highest BCUT2D eigenvalue weighted by molar-refractivity contribution is 5.85. The van der Waals surface area contributed by atoms with E-state index in [4.69, 9.17) is 5.41 Å². The topological polar surface area (TPSA) is 88.1 Å². The van der Waals surface area contributed by atoms with Gasteiger partial charge in [-0.1, -0.05) is 12.1 Å². The zero-order chi connectivity index (χ0) is 22.8. The Bertz CT molecular complexity index is 1160. The molecule has 1 aliphatic heterocycles. The molecule has 0 radical (unpaired) electrons. The molecule has 1 fully saturated rings. The van der Waals surface area contributed by atoms with E-state index in [0.717, 1.165) is 11.8 Å². The highest BCUT2D eigenvalue weighted by Gasteiger charge is 2.36. The second-order valence-electron chi connectivity index (χ2n) is 8.02. The van der Waals surface area contributed by atoms with E-state index < -0.39 is 5.56 Å². The van der Waals surface area contributed by atoms with E-state index in [1.54, 1.807) is 12.1 Å². The van der Waals surface area contributed by atoms with Gasteiger partial charge in [-0.05, 0) is 56.1 Å². The number of aromatic nitrogens is 2. The van der Waals surface area contributed by atoms with Crippen LogP contribution in [0, 0.1) is 17.0 Å². The molecule has 1 saturated heterocycles. The molecule has 0 amide bonds. The third-order valence-corrected chi connectivity index (χ3v) is 5.74. The molecule has 2 unspecified atom stereocenters. The SMILES string of the molecule is CN(C)C1CN(c2nc(Nc3ccc(F)cc3)c(C=N)c(=O)[nH]2)CC1c1ccc(F)cc1. The van der Waals surface area contributed by atoms with Gasteiger partial charge >= 0.3 is 0 Å². The predicted molar refractivity (Wildman–Crippen MR) is 121 cm³/mol. The Morgan fingerprint density at radius 2 is 1.72 bits per heavy atom. The zero-order valence-corrected chi connectivity index (χ0v) is 17.8. The van der Waals surface area contributed by atoms with Gasteiger partial charge < -0.3 is 20.5 Å². The maximum Gasteiger partial charge on any atom is 0.263 e. The van der Waals surface area contributed by atoms with Crippen molar-refractivity contribution in [1.82, 2.24) is 14.9 Å². The first-order valence-electron chi connectivity index (χ1n) is 10.2. The smallest absolute Gasteiger partial charge is 0.263 e. The Morgan fingerprint density at radius 1 is 1.09 bits per heavy atom. The minimum absolute atomic E-state index is 0.0801. The number of nitrogens with one attached hydrogen (secondary N) is 3. The lowest BCUT2D eigenvalue weighted by atomic mass is 9.94. The van der Waals surface area contributed by atoms with Gasteiger partial charge in [0.2, 0.25) is 5.95 Å². The molecule has 1 aliphatic rings. The molecule has 0 aliphatic carbocycles. The average molecular weight is 438 g/mol. The van der Waals surface area contributed by atoms with Crippen LogP contribution < -0.4 is 15.8 Å². The number of likely N-dealkylation sites (N-methyl/N-ethyl adjacent to an activating group) is 1. The minimum atomic E-state index is -0.443. The van der Waals surface area contributed by atoms with Crippen LogP contribution in [0.4, 0.5) is 26.2 Å². The van der Waals surface area contributed by atoms with Crippen molar-refractivity contribution < 1.29 is 8.78 Å². The number of anilines is 3. The summed E-state index contributed by atoms with van der Waals surface area (Å²) in [6.45, 7) is 1.19. The fourth-order valence-electron chi connectivity index (χ4n) is 4.04. The van der Waals surface area contributed by atoms with E-state index in [9.17, 15) is 13.6 Å². The third-order valence-electron chi connectivity index (χ3n) is 5.74. The molecule has 3 N–H and O–H groups in total. The first-order valence-corrected chi connectivity index (χ1v) is 10.2. The molecule has 7 nitrogen and oxygen atoms in total. The van der Waals surface area contributed by atoms with E-state index in [0.29, 0.717) is 24.7 Å². The third kappa shape index (κ3) is 4.38. The Hall–Kier alpha value is -3.59. The summed E-state index contributed by atoms with van der Waals surface area (Å²) in [6.07, 6.45) is 0.940. The largest absolute Gasteiger partial charge is 0.340 e. The lowest BCUT2D eigenvalue weighted by Crippen LogP contribution is -2.35. The first-order chi connectivity index (χ1) is 15.4. The summed E-state index contributed by atoms with van der Waals surface area (Å²) >= 11 is 0. The normalized spacial score (nSPS) is 18.2. The number of hydrogen-bond donors (Lipinski definition) is 3. The fraction of sp³-hybridized carbons (Fsp3) is 0.261. The number of halogens is 2. The van der Waals surface area contributed by atoms with Gasteiger partial charge in [0, 0.05) is 37.0 Å². The lowest BCUT2D eigenvalue weighted by Gasteiger charge is -2.25. The lowest BCUT2D eigenvalue weighted by molar-refractivity contribution is 0.292. The van der Waals surface area contributed by atoms with Crippen LogP contribution in [0.2, 0.25) is 0 Å². The zero-order valence-electron chi connectivity index (χ0n) is 17.8. The first kappa shape index (κ1) is 21.6. The summed E-state index contributed by atoms with van der Waals surface area (Å²) in [7, 11) is 3.97. The van der Waals surface area contributed by atoms with Crippen molar-refractivity contribution in [3.8, 4) is 0 Å². The van der Waals surface area contributed by atoms with Gasteiger partial charge in [0.25, 0.3) is 5.56 Å². The molecule has 0 saturated carbocycles. The monoisotopic (exact) mass is 438 g/mol. The molecule has 3 aromatic rings. The summed E-state index contributed by atoms with van der Waals surface area (Å²) in [4.78, 5) is 24.1. The fourth-order valence-corrected chi connectivity index (χ4v) is 4.04. The van der Waals surface area contributed by atoms with Gasteiger partial charge in [0.1, 0.15) is 23.0 Å². The van der Waals surface area contributed by atoms with Crippen LogP contribution in [0.3, 0.4) is 0 Å². The molecular weight excluding hydrogens is 414 g/mol. The van der Waals surface area contributed by atoms with Gasteiger partial charge in [-0.25, -0.2) is 8.78 Å². The van der Waals surface area contributed by atoms with Gasteiger partial charge in [-0.15, -0.1) is 0 Å². The Kier molecular flexibility index (Phi) is 6.00. The molecule has 2 aromatic carbocycles. The van der Waals surface area contributed by atoms with Crippen LogP contribution in [0.15, 0.2) is 53.3 Å². The van der Waals surface area contributed by atoms with Crippen LogP contribution in [0.1, 0.15) is 17.0 Å².